The van der Waals surface area contributed by atoms with E-state index in [4.69, 9.17) is 0 Å². The molecule has 2 N–H and O–H groups in total. The smallest absolute Gasteiger partial charge is 0.270 e. The molecule has 4 heteroatoms. The summed E-state index contributed by atoms with van der Waals surface area (Å²) in [5, 5.41) is 10.4. The Morgan fingerprint density at radius 2 is 1.91 bits per heavy atom. The predicted octanol–water partition coefficient (Wildman–Crippen LogP) is 2.86. The van der Waals surface area contributed by atoms with Crippen molar-refractivity contribution in [2.24, 2.45) is 5.92 Å². The average molecular weight is 312 g/mol. The first-order valence-corrected chi connectivity index (χ1v) is 8.38. The van der Waals surface area contributed by atoms with Crippen LogP contribution in [-0.2, 0) is 6.42 Å². The van der Waals surface area contributed by atoms with Crippen molar-refractivity contribution in [3.8, 4) is 0 Å². The maximum Gasteiger partial charge on any atom is 0.270 e. The standard InChI is InChI=1S/C19H24N2O2/c22-18(9-8-15-5-2-1-3-6-15)16-10-13-21(14-11-16)19(23)17-7-4-12-20-17/h1-7,12,16,18,20,22H,8-11,13-14H2. The van der Waals surface area contributed by atoms with Crippen molar-refractivity contribution >= 4 is 5.91 Å². The van der Waals surface area contributed by atoms with E-state index in [1.807, 2.05) is 35.2 Å². The van der Waals surface area contributed by atoms with E-state index in [2.05, 4.69) is 17.1 Å². The lowest BCUT2D eigenvalue weighted by Crippen LogP contribution is -2.41. The number of benzene rings is 1. The summed E-state index contributed by atoms with van der Waals surface area (Å²) in [5.74, 6) is 0.360. The molecule has 1 saturated heterocycles. The number of aromatic nitrogens is 1. The third-order valence-corrected chi connectivity index (χ3v) is 4.77. The van der Waals surface area contributed by atoms with Crippen molar-refractivity contribution in [2.75, 3.05) is 13.1 Å². The number of hydrogen-bond acceptors (Lipinski definition) is 2. The molecule has 1 aliphatic heterocycles. The monoisotopic (exact) mass is 312 g/mol. The van der Waals surface area contributed by atoms with Crippen molar-refractivity contribution < 1.29 is 9.90 Å². The minimum absolute atomic E-state index is 0.0622. The van der Waals surface area contributed by atoms with E-state index in [9.17, 15) is 9.90 Å². The number of piperidine rings is 1. The third kappa shape index (κ3) is 4.02. The number of aliphatic hydroxyl groups excluding tert-OH is 1. The van der Waals surface area contributed by atoms with Crippen LogP contribution in [0.5, 0.6) is 0 Å². The molecule has 1 aromatic heterocycles. The van der Waals surface area contributed by atoms with E-state index in [0.29, 0.717) is 11.6 Å². The second kappa shape index (κ2) is 7.47. The van der Waals surface area contributed by atoms with Gasteiger partial charge in [0.15, 0.2) is 0 Å². The second-order valence-electron chi connectivity index (χ2n) is 6.31. The lowest BCUT2D eigenvalue weighted by molar-refractivity contribution is 0.0434. The zero-order valence-corrected chi connectivity index (χ0v) is 13.3. The Hall–Kier alpha value is -2.07. The number of hydrogen-bond donors (Lipinski definition) is 2. The number of rotatable bonds is 5. The molecule has 1 aliphatic rings. The predicted molar refractivity (Wildman–Crippen MR) is 90.2 cm³/mol. The number of carbonyl (C=O) groups excluding carboxylic acids is 1. The number of aryl methyl sites for hydroxylation is 1. The number of likely N-dealkylation sites (tertiary alicyclic amines) is 1. The van der Waals surface area contributed by atoms with E-state index < -0.39 is 0 Å². The molecule has 2 heterocycles. The maximum absolute atomic E-state index is 12.3. The number of H-pyrrole nitrogens is 1. The third-order valence-electron chi connectivity index (χ3n) is 4.77. The van der Waals surface area contributed by atoms with Gasteiger partial charge in [-0.05, 0) is 49.3 Å². The molecule has 1 fully saturated rings. The molecule has 1 amide bonds. The quantitative estimate of drug-likeness (QED) is 0.892. The highest BCUT2D eigenvalue weighted by atomic mass is 16.3. The number of carbonyl (C=O) groups is 1. The molecule has 4 nitrogen and oxygen atoms in total. The van der Waals surface area contributed by atoms with E-state index in [1.54, 1.807) is 6.20 Å². The van der Waals surface area contributed by atoms with Crippen LogP contribution >= 0.6 is 0 Å². The van der Waals surface area contributed by atoms with Gasteiger partial charge in [-0.25, -0.2) is 0 Å². The number of nitrogens with one attached hydrogen (secondary N) is 1. The van der Waals surface area contributed by atoms with Crippen molar-refractivity contribution in [3.63, 3.8) is 0 Å². The summed E-state index contributed by atoms with van der Waals surface area (Å²) < 4.78 is 0. The zero-order chi connectivity index (χ0) is 16.1. The van der Waals surface area contributed by atoms with Gasteiger partial charge in [0.25, 0.3) is 5.91 Å². The molecule has 0 radical (unpaired) electrons. The van der Waals surface area contributed by atoms with Gasteiger partial charge in [0.1, 0.15) is 5.69 Å². The van der Waals surface area contributed by atoms with Crippen LogP contribution in [0.3, 0.4) is 0 Å². The molecule has 1 aromatic carbocycles. The normalized spacial score (nSPS) is 17.2. The van der Waals surface area contributed by atoms with Crippen LogP contribution in [-0.4, -0.2) is 40.1 Å². The Morgan fingerprint density at radius 3 is 2.57 bits per heavy atom. The first kappa shape index (κ1) is 15.8. The van der Waals surface area contributed by atoms with Gasteiger partial charge in [0.2, 0.25) is 0 Å². The Morgan fingerprint density at radius 1 is 1.17 bits per heavy atom. The lowest BCUT2D eigenvalue weighted by Gasteiger charge is -2.34. The minimum atomic E-state index is -0.280. The van der Waals surface area contributed by atoms with Crippen LogP contribution < -0.4 is 0 Å². The molecule has 122 valence electrons. The highest BCUT2D eigenvalue weighted by molar-refractivity contribution is 5.92. The fourth-order valence-electron chi connectivity index (χ4n) is 3.32. The van der Waals surface area contributed by atoms with Gasteiger partial charge in [-0.2, -0.15) is 0 Å². The van der Waals surface area contributed by atoms with Gasteiger partial charge in [0, 0.05) is 19.3 Å². The topological polar surface area (TPSA) is 56.3 Å². The number of nitrogens with zero attached hydrogens (tertiary/aromatic N) is 1. The summed E-state index contributed by atoms with van der Waals surface area (Å²) >= 11 is 0. The number of aromatic amines is 1. The maximum atomic E-state index is 12.3. The van der Waals surface area contributed by atoms with Crippen molar-refractivity contribution in [1.29, 1.82) is 0 Å². The van der Waals surface area contributed by atoms with E-state index in [-0.39, 0.29) is 12.0 Å². The first-order chi connectivity index (χ1) is 11.2. The lowest BCUT2D eigenvalue weighted by atomic mass is 9.88. The molecule has 0 saturated carbocycles. The summed E-state index contributed by atoms with van der Waals surface area (Å²) in [5.41, 5.74) is 1.92. The fourth-order valence-corrected chi connectivity index (χ4v) is 3.32. The van der Waals surface area contributed by atoms with Gasteiger partial charge in [-0.1, -0.05) is 30.3 Å². The Balaban J connectivity index is 1.46. The van der Waals surface area contributed by atoms with Gasteiger partial charge in [-0.3, -0.25) is 4.79 Å². The van der Waals surface area contributed by atoms with Crippen molar-refractivity contribution in [3.05, 3.63) is 59.9 Å². The zero-order valence-electron chi connectivity index (χ0n) is 13.3. The molecule has 0 aliphatic carbocycles. The van der Waals surface area contributed by atoms with Crippen molar-refractivity contribution in [1.82, 2.24) is 9.88 Å². The molecule has 3 rings (SSSR count). The Kier molecular flexibility index (Phi) is 5.13. The second-order valence-corrected chi connectivity index (χ2v) is 6.31. The van der Waals surface area contributed by atoms with Crippen molar-refractivity contribution in [2.45, 2.75) is 31.8 Å². The van der Waals surface area contributed by atoms with E-state index in [0.717, 1.165) is 38.8 Å². The first-order valence-electron chi connectivity index (χ1n) is 8.38. The summed E-state index contributed by atoms with van der Waals surface area (Å²) in [6, 6.07) is 13.9. The molecular weight excluding hydrogens is 288 g/mol. The summed E-state index contributed by atoms with van der Waals surface area (Å²) in [4.78, 5) is 17.1. The molecule has 1 atom stereocenters. The Bertz CT molecular complexity index is 602. The minimum Gasteiger partial charge on any atom is -0.393 e. The average Bonchev–Trinajstić information content (AvgIpc) is 3.15. The molecule has 23 heavy (non-hydrogen) atoms. The highest BCUT2D eigenvalue weighted by Gasteiger charge is 2.27. The molecule has 0 spiro atoms. The Labute approximate surface area is 137 Å². The van der Waals surface area contributed by atoms with Crippen LogP contribution in [0.2, 0.25) is 0 Å². The fraction of sp³-hybridized carbons (Fsp3) is 0.421. The van der Waals surface area contributed by atoms with Crippen LogP contribution in [0, 0.1) is 5.92 Å². The van der Waals surface area contributed by atoms with Gasteiger partial charge >= 0.3 is 0 Å². The summed E-state index contributed by atoms with van der Waals surface area (Å²) in [6.45, 7) is 1.45. The number of aliphatic hydroxyl groups is 1. The van der Waals surface area contributed by atoms with Gasteiger partial charge in [0.05, 0.1) is 6.10 Å². The highest BCUT2D eigenvalue weighted by Crippen LogP contribution is 2.24. The van der Waals surface area contributed by atoms with Crippen LogP contribution in [0.25, 0.3) is 0 Å². The van der Waals surface area contributed by atoms with Crippen LogP contribution in [0.4, 0.5) is 0 Å². The molecular formula is C19H24N2O2. The van der Waals surface area contributed by atoms with E-state index in [1.165, 1.54) is 5.56 Å². The molecule has 2 aromatic rings. The van der Waals surface area contributed by atoms with Crippen LogP contribution in [0.1, 0.15) is 35.3 Å². The van der Waals surface area contributed by atoms with Gasteiger partial charge < -0.3 is 15.0 Å². The largest absolute Gasteiger partial charge is 0.393 e. The number of amides is 1. The van der Waals surface area contributed by atoms with Crippen LogP contribution in [0.15, 0.2) is 48.7 Å². The summed E-state index contributed by atoms with van der Waals surface area (Å²) in [6.07, 6.45) is 4.94. The molecule has 0 bridgehead atoms. The molecule has 1 unspecified atom stereocenters. The van der Waals surface area contributed by atoms with Gasteiger partial charge in [-0.15, -0.1) is 0 Å². The SMILES string of the molecule is O=C(c1ccc[nH]1)N1CCC(C(O)CCc2ccccc2)CC1. The summed E-state index contributed by atoms with van der Waals surface area (Å²) in [7, 11) is 0. The van der Waals surface area contributed by atoms with E-state index >= 15 is 0 Å².